The number of methoxy groups -OCH3 is 2. The van der Waals surface area contributed by atoms with Crippen LogP contribution in [0.5, 0.6) is 11.5 Å². The van der Waals surface area contributed by atoms with Gasteiger partial charge in [0.25, 0.3) is 0 Å². The van der Waals surface area contributed by atoms with E-state index < -0.39 is 21.9 Å². The summed E-state index contributed by atoms with van der Waals surface area (Å²) in [5.74, 6) is -0.101. The molecule has 1 aromatic rings. The van der Waals surface area contributed by atoms with Crippen LogP contribution in [0.15, 0.2) is 18.2 Å². The van der Waals surface area contributed by atoms with Crippen molar-refractivity contribution in [1.29, 1.82) is 0 Å². The van der Waals surface area contributed by atoms with E-state index in [1.54, 1.807) is 25.3 Å². The fourth-order valence-electron chi connectivity index (χ4n) is 2.59. The lowest BCUT2D eigenvalue weighted by Crippen LogP contribution is -2.25. The van der Waals surface area contributed by atoms with Crippen molar-refractivity contribution in [2.24, 2.45) is 5.92 Å². The van der Waals surface area contributed by atoms with Crippen molar-refractivity contribution in [1.82, 2.24) is 4.90 Å². The molecule has 122 valence electrons. The molecule has 22 heavy (non-hydrogen) atoms. The quantitative estimate of drug-likeness (QED) is 0.736. The molecule has 0 aromatic heterocycles. The number of halogens is 1. The van der Waals surface area contributed by atoms with Crippen molar-refractivity contribution >= 4 is 16.1 Å². The standard InChI is InChI=1S/C14H18FNO5S/c1-20-12-4-3-11(13(6-12)21-2)8-16-7-10(5-14(16)17)9-22(15,18)19/h3-4,6,10H,5,7-9H2,1-2H3. The van der Waals surface area contributed by atoms with Gasteiger partial charge in [-0.15, -0.1) is 3.89 Å². The minimum atomic E-state index is -4.57. The first kappa shape index (κ1) is 16.5. The van der Waals surface area contributed by atoms with Crippen LogP contribution in [-0.4, -0.2) is 45.7 Å². The van der Waals surface area contributed by atoms with Gasteiger partial charge in [-0.05, 0) is 12.1 Å². The summed E-state index contributed by atoms with van der Waals surface area (Å²) in [6, 6.07) is 5.24. The molecule has 0 N–H and O–H groups in total. The number of carbonyl (C=O) groups is 1. The Bertz CT molecular complexity index is 661. The lowest BCUT2D eigenvalue weighted by atomic mass is 10.1. The molecule has 1 unspecified atom stereocenters. The fraction of sp³-hybridized carbons (Fsp3) is 0.500. The molecule has 0 radical (unpaired) electrons. The zero-order chi connectivity index (χ0) is 16.3. The average molecular weight is 331 g/mol. The van der Waals surface area contributed by atoms with Gasteiger partial charge < -0.3 is 14.4 Å². The Hall–Kier alpha value is -1.83. The first-order chi connectivity index (χ1) is 10.3. The van der Waals surface area contributed by atoms with E-state index in [1.807, 2.05) is 0 Å². The van der Waals surface area contributed by atoms with E-state index in [4.69, 9.17) is 9.47 Å². The highest BCUT2D eigenvalue weighted by molar-refractivity contribution is 7.86. The summed E-state index contributed by atoms with van der Waals surface area (Å²) >= 11 is 0. The summed E-state index contributed by atoms with van der Waals surface area (Å²) in [7, 11) is -1.51. The SMILES string of the molecule is COc1ccc(CN2CC(CS(=O)(=O)F)CC2=O)c(OC)c1. The van der Waals surface area contributed by atoms with Gasteiger partial charge in [0.2, 0.25) is 5.91 Å². The molecule has 1 saturated heterocycles. The minimum Gasteiger partial charge on any atom is -0.497 e. The summed E-state index contributed by atoms with van der Waals surface area (Å²) in [5.41, 5.74) is 0.778. The van der Waals surface area contributed by atoms with Gasteiger partial charge in [0.15, 0.2) is 0 Å². The first-order valence-electron chi connectivity index (χ1n) is 6.73. The number of amides is 1. The molecule has 1 aliphatic heterocycles. The van der Waals surface area contributed by atoms with Crippen molar-refractivity contribution in [2.45, 2.75) is 13.0 Å². The summed E-state index contributed by atoms with van der Waals surface area (Å²) in [5, 5.41) is 0. The Morgan fingerprint density at radius 3 is 2.64 bits per heavy atom. The number of rotatable bonds is 6. The first-order valence-corrected chi connectivity index (χ1v) is 8.28. The van der Waals surface area contributed by atoms with E-state index in [1.165, 1.54) is 12.0 Å². The van der Waals surface area contributed by atoms with Crippen molar-refractivity contribution in [2.75, 3.05) is 26.5 Å². The number of nitrogens with zero attached hydrogens (tertiary/aromatic N) is 1. The third-order valence-corrected chi connectivity index (χ3v) is 4.45. The topological polar surface area (TPSA) is 72.9 Å². The predicted octanol–water partition coefficient (Wildman–Crippen LogP) is 1.35. The molecule has 1 aliphatic rings. The van der Waals surface area contributed by atoms with Gasteiger partial charge in [-0.25, -0.2) is 0 Å². The summed E-state index contributed by atoms with van der Waals surface area (Å²) in [6.45, 7) is 0.506. The molecule has 1 amide bonds. The van der Waals surface area contributed by atoms with Crippen LogP contribution in [0.25, 0.3) is 0 Å². The Labute approximate surface area is 129 Å². The Morgan fingerprint density at radius 2 is 2.05 bits per heavy atom. The molecular formula is C14H18FNO5S. The summed E-state index contributed by atoms with van der Waals surface area (Å²) < 4.78 is 44.5. The highest BCUT2D eigenvalue weighted by Gasteiger charge is 2.33. The highest BCUT2D eigenvalue weighted by atomic mass is 32.3. The molecule has 0 saturated carbocycles. The highest BCUT2D eigenvalue weighted by Crippen LogP contribution is 2.28. The Morgan fingerprint density at radius 1 is 1.32 bits per heavy atom. The molecule has 1 aromatic carbocycles. The zero-order valence-corrected chi connectivity index (χ0v) is 13.2. The minimum absolute atomic E-state index is 0.0433. The van der Waals surface area contributed by atoms with Gasteiger partial charge >= 0.3 is 10.2 Å². The van der Waals surface area contributed by atoms with E-state index in [9.17, 15) is 17.1 Å². The molecular weight excluding hydrogens is 313 g/mol. The monoisotopic (exact) mass is 331 g/mol. The van der Waals surface area contributed by atoms with Gasteiger partial charge in [0, 0.05) is 37.1 Å². The van der Waals surface area contributed by atoms with Crippen LogP contribution in [0.2, 0.25) is 0 Å². The van der Waals surface area contributed by atoms with Gasteiger partial charge in [-0.1, -0.05) is 0 Å². The van der Waals surface area contributed by atoms with Crippen LogP contribution in [0.4, 0.5) is 3.89 Å². The second kappa shape index (κ2) is 6.51. The van der Waals surface area contributed by atoms with Crippen LogP contribution in [0, 0.1) is 5.92 Å². The van der Waals surface area contributed by atoms with Crippen molar-refractivity contribution in [3.63, 3.8) is 0 Å². The maximum absolute atomic E-state index is 12.7. The summed E-state index contributed by atoms with van der Waals surface area (Å²) in [6.07, 6.45) is 0.0433. The molecule has 2 rings (SSSR count). The number of benzene rings is 1. The fourth-order valence-corrected chi connectivity index (χ4v) is 3.37. The Kier molecular flexibility index (Phi) is 4.90. The van der Waals surface area contributed by atoms with E-state index in [-0.39, 0.29) is 25.4 Å². The van der Waals surface area contributed by atoms with Crippen LogP contribution in [0.1, 0.15) is 12.0 Å². The van der Waals surface area contributed by atoms with Crippen LogP contribution in [-0.2, 0) is 21.6 Å². The molecule has 0 bridgehead atoms. The molecule has 8 heteroatoms. The van der Waals surface area contributed by atoms with Crippen molar-refractivity contribution in [3.05, 3.63) is 23.8 Å². The predicted molar refractivity (Wildman–Crippen MR) is 78.0 cm³/mol. The maximum atomic E-state index is 12.7. The van der Waals surface area contributed by atoms with E-state index in [0.29, 0.717) is 11.5 Å². The second-order valence-corrected chi connectivity index (χ2v) is 6.64. The van der Waals surface area contributed by atoms with Gasteiger partial charge in [0.1, 0.15) is 11.5 Å². The van der Waals surface area contributed by atoms with Crippen LogP contribution >= 0.6 is 0 Å². The van der Waals surface area contributed by atoms with E-state index in [0.717, 1.165) is 5.56 Å². The maximum Gasteiger partial charge on any atom is 0.302 e. The van der Waals surface area contributed by atoms with Gasteiger partial charge in [-0.3, -0.25) is 4.79 Å². The zero-order valence-electron chi connectivity index (χ0n) is 12.4. The molecule has 0 spiro atoms. The smallest absolute Gasteiger partial charge is 0.302 e. The molecule has 1 heterocycles. The van der Waals surface area contributed by atoms with E-state index >= 15 is 0 Å². The third kappa shape index (κ3) is 4.09. The second-order valence-electron chi connectivity index (χ2n) is 5.23. The van der Waals surface area contributed by atoms with Crippen LogP contribution < -0.4 is 9.47 Å². The number of hydrogen-bond acceptors (Lipinski definition) is 5. The number of ether oxygens (including phenoxy) is 2. The van der Waals surface area contributed by atoms with Gasteiger partial charge in [0.05, 0.1) is 20.0 Å². The molecule has 1 fully saturated rings. The summed E-state index contributed by atoms with van der Waals surface area (Å²) in [4.78, 5) is 13.5. The van der Waals surface area contributed by atoms with Crippen molar-refractivity contribution in [3.8, 4) is 11.5 Å². The molecule has 0 aliphatic carbocycles. The lowest BCUT2D eigenvalue weighted by Gasteiger charge is -2.18. The van der Waals surface area contributed by atoms with Crippen molar-refractivity contribution < 1.29 is 26.6 Å². The van der Waals surface area contributed by atoms with Crippen LogP contribution in [0.3, 0.4) is 0 Å². The normalized spacial score (nSPS) is 18.6. The molecule has 1 atom stereocenters. The number of hydrogen-bond donors (Lipinski definition) is 0. The Balaban J connectivity index is 2.09. The lowest BCUT2D eigenvalue weighted by molar-refractivity contribution is -0.128. The largest absolute Gasteiger partial charge is 0.497 e. The van der Waals surface area contributed by atoms with E-state index in [2.05, 4.69) is 0 Å². The van der Waals surface area contributed by atoms with Gasteiger partial charge in [-0.2, -0.15) is 8.42 Å². The number of carbonyl (C=O) groups excluding carboxylic acids is 1. The molecule has 6 nitrogen and oxygen atoms in total. The number of likely N-dealkylation sites (tertiary alicyclic amines) is 1. The average Bonchev–Trinajstić information content (AvgIpc) is 2.76. The third-order valence-electron chi connectivity index (χ3n) is 3.58.